The van der Waals surface area contributed by atoms with Crippen LogP contribution in [-0.4, -0.2) is 46.5 Å². The van der Waals surface area contributed by atoms with Gasteiger partial charge in [-0.2, -0.15) is 0 Å². The molecule has 3 rings (SSSR count). The van der Waals surface area contributed by atoms with Crippen molar-refractivity contribution in [1.82, 2.24) is 5.32 Å². The zero-order valence-electron chi connectivity index (χ0n) is 17.7. The number of benzene rings is 2. The normalized spacial score (nSPS) is 12.1. The number of hydrogen-bond donors (Lipinski definition) is 1. The number of nitrogens with one attached hydrogen (secondary N) is 1. The quantitative estimate of drug-likeness (QED) is 0.757. The molecular formula is C22H28N4O2S. The van der Waals surface area contributed by atoms with Crippen molar-refractivity contribution in [3.05, 3.63) is 36.4 Å². The SMILES string of the molecule is CCC(=O)CCNC(=O)N1c2ccc(N(C)C)cc2Sc2cc(N(C)C)ccc21. The number of hydrogen-bond acceptors (Lipinski definition) is 5. The highest BCUT2D eigenvalue weighted by Crippen LogP contribution is 2.50. The van der Waals surface area contributed by atoms with Crippen molar-refractivity contribution in [2.75, 3.05) is 49.4 Å². The number of amides is 2. The van der Waals surface area contributed by atoms with Gasteiger partial charge in [0.1, 0.15) is 5.78 Å². The molecule has 0 spiro atoms. The molecule has 2 aromatic carbocycles. The highest BCUT2D eigenvalue weighted by Gasteiger charge is 2.29. The third-order valence-corrected chi connectivity index (χ3v) is 5.99. The summed E-state index contributed by atoms with van der Waals surface area (Å²) < 4.78 is 0. The number of Topliss-reactive ketones (excluding diaryl/α,β-unsaturated/α-hetero) is 1. The van der Waals surface area contributed by atoms with Crippen LogP contribution in [0.1, 0.15) is 19.8 Å². The Hall–Kier alpha value is -2.67. The van der Waals surface area contributed by atoms with Gasteiger partial charge < -0.3 is 15.1 Å². The number of carbonyl (C=O) groups excluding carboxylic acids is 2. The number of carbonyl (C=O) groups is 2. The third kappa shape index (κ3) is 4.50. The average molecular weight is 413 g/mol. The summed E-state index contributed by atoms with van der Waals surface area (Å²) in [5.74, 6) is 0.145. The second kappa shape index (κ2) is 8.78. The molecule has 2 aromatic rings. The fraction of sp³-hybridized carbons (Fsp3) is 0.364. The van der Waals surface area contributed by atoms with Gasteiger partial charge in [-0.1, -0.05) is 18.7 Å². The molecule has 0 saturated carbocycles. The summed E-state index contributed by atoms with van der Waals surface area (Å²) in [6.07, 6.45) is 0.839. The van der Waals surface area contributed by atoms with Crippen LogP contribution in [0, 0.1) is 0 Å². The summed E-state index contributed by atoms with van der Waals surface area (Å²) in [5, 5.41) is 2.91. The van der Waals surface area contributed by atoms with Crippen LogP contribution in [-0.2, 0) is 4.79 Å². The lowest BCUT2D eigenvalue weighted by Crippen LogP contribution is -2.39. The zero-order valence-corrected chi connectivity index (χ0v) is 18.5. The van der Waals surface area contributed by atoms with Gasteiger partial charge in [-0.3, -0.25) is 9.69 Å². The Morgan fingerprint density at radius 3 is 1.90 bits per heavy atom. The van der Waals surface area contributed by atoms with Gasteiger partial charge in [0.05, 0.1) is 11.4 Å². The van der Waals surface area contributed by atoms with Gasteiger partial charge in [-0.25, -0.2) is 4.79 Å². The van der Waals surface area contributed by atoms with Crippen molar-refractivity contribution in [1.29, 1.82) is 0 Å². The largest absolute Gasteiger partial charge is 0.378 e. The second-order valence-electron chi connectivity index (χ2n) is 7.40. The number of nitrogens with zero attached hydrogens (tertiary/aromatic N) is 3. The molecule has 1 N–H and O–H groups in total. The summed E-state index contributed by atoms with van der Waals surface area (Å²) in [4.78, 5) is 32.6. The highest BCUT2D eigenvalue weighted by atomic mass is 32.2. The zero-order chi connectivity index (χ0) is 21.1. The van der Waals surface area contributed by atoms with Gasteiger partial charge in [0.15, 0.2) is 0 Å². The van der Waals surface area contributed by atoms with Crippen LogP contribution >= 0.6 is 11.8 Å². The van der Waals surface area contributed by atoms with Crippen LogP contribution in [0.25, 0.3) is 0 Å². The van der Waals surface area contributed by atoms with E-state index >= 15 is 0 Å². The first-order valence-electron chi connectivity index (χ1n) is 9.72. The third-order valence-electron chi connectivity index (χ3n) is 4.90. The minimum atomic E-state index is -0.216. The maximum atomic E-state index is 13.1. The van der Waals surface area contributed by atoms with Crippen molar-refractivity contribution in [2.24, 2.45) is 0 Å². The maximum Gasteiger partial charge on any atom is 0.326 e. The van der Waals surface area contributed by atoms with E-state index in [2.05, 4.69) is 17.4 Å². The first kappa shape index (κ1) is 21.0. The molecule has 0 aromatic heterocycles. The number of fused-ring (bicyclic) bond motifs is 2. The molecule has 154 valence electrons. The van der Waals surface area contributed by atoms with Gasteiger partial charge in [0, 0.05) is 68.7 Å². The molecular weight excluding hydrogens is 384 g/mol. The van der Waals surface area contributed by atoms with Crippen LogP contribution in [0.5, 0.6) is 0 Å². The maximum absolute atomic E-state index is 13.1. The summed E-state index contributed by atoms with van der Waals surface area (Å²) in [5.41, 5.74) is 3.87. The van der Waals surface area contributed by atoms with Crippen molar-refractivity contribution in [2.45, 2.75) is 29.6 Å². The lowest BCUT2D eigenvalue weighted by atomic mass is 10.2. The first-order chi connectivity index (χ1) is 13.8. The average Bonchev–Trinajstić information content (AvgIpc) is 2.70. The summed E-state index contributed by atoms with van der Waals surface area (Å²) in [6.45, 7) is 2.18. The van der Waals surface area contributed by atoms with Crippen LogP contribution in [0.3, 0.4) is 0 Å². The molecule has 0 saturated heterocycles. The second-order valence-corrected chi connectivity index (χ2v) is 8.49. The van der Waals surface area contributed by atoms with E-state index in [0.29, 0.717) is 19.4 Å². The van der Waals surface area contributed by atoms with E-state index in [4.69, 9.17) is 0 Å². The number of rotatable bonds is 6. The predicted molar refractivity (Wildman–Crippen MR) is 121 cm³/mol. The molecule has 29 heavy (non-hydrogen) atoms. The Bertz CT molecular complexity index is 870. The van der Waals surface area contributed by atoms with E-state index in [1.165, 1.54) is 0 Å². The molecule has 7 heteroatoms. The van der Waals surface area contributed by atoms with Crippen LogP contribution in [0.4, 0.5) is 27.5 Å². The molecule has 0 bridgehead atoms. The Morgan fingerprint density at radius 1 is 0.931 bits per heavy atom. The molecule has 1 aliphatic rings. The Balaban J connectivity index is 1.98. The monoisotopic (exact) mass is 412 g/mol. The molecule has 1 aliphatic heterocycles. The Morgan fingerprint density at radius 2 is 1.45 bits per heavy atom. The number of anilines is 4. The highest BCUT2D eigenvalue weighted by molar-refractivity contribution is 7.99. The van der Waals surface area contributed by atoms with Gasteiger partial charge in [0.25, 0.3) is 0 Å². The minimum absolute atomic E-state index is 0.145. The molecule has 0 atom stereocenters. The van der Waals surface area contributed by atoms with Crippen LogP contribution < -0.4 is 20.0 Å². The molecule has 0 fully saturated rings. The standard InChI is InChI=1S/C22H28N4O2S/c1-6-17(27)11-12-23-22(28)26-18-9-7-15(24(2)3)13-20(18)29-21-14-16(25(4)5)8-10-19(21)26/h7-10,13-14H,6,11-12H2,1-5H3,(H,23,28). The molecule has 0 radical (unpaired) electrons. The summed E-state index contributed by atoms with van der Waals surface area (Å²) >= 11 is 1.67. The summed E-state index contributed by atoms with van der Waals surface area (Å²) in [7, 11) is 8.01. The minimum Gasteiger partial charge on any atom is -0.378 e. The Labute approximate surface area is 176 Å². The molecule has 0 unspecified atom stereocenters. The van der Waals surface area contributed by atoms with E-state index < -0.39 is 0 Å². The smallest absolute Gasteiger partial charge is 0.326 e. The summed E-state index contributed by atoms with van der Waals surface area (Å²) in [6, 6.07) is 12.0. The van der Waals surface area contributed by atoms with E-state index in [0.717, 1.165) is 32.5 Å². The predicted octanol–water partition coefficient (Wildman–Crippen LogP) is 4.50. The Kier molecular flexibility index (Phi) is 6.37. The fourth-order valence-corrected chi connectivity index (χ4v) is 4.25. The van der Waals surface area contributed by atoms with Gasteiger partial charge in [-0.15, -0.1) is 0 Å². The van der Waals surface area contributed by atoms with Crippen molar-refractivity contribution in [3.8, 4) is 0 Å². The fourth-order valence-electron chi connectivity index (χ4n) is 3.13. The topological polar surface area (TPSA) is 55.9 Å². The first-order valence-corrected chi connectivity index (χ1v) is 10.5. The van der Waals surface area contributed by atoms with E-state index in [1.54, 1.807) is 16.7 Å². The van der Waals surface area contributed by atoms with Gasteiger partial charge >= 0.3 is 6.03 Å². The number of ketones is 1. The van der Waals surface area contributed by atoms with Crippen molar-refractivity contribution in [3.63, 3.8) is 0 Å². The molecule has 6 nitrogen and oxygen atoms in total. The van der Waals surface area contributed by atoms with E-state index in [1.807, 2.05) is 69.2 Å². The molecule has 2 amide bonds. The van der Waals surface area contributed by atoms with E-state index in [9.17, 15) is 9.59 Å². The van der Waals surface area contributed by atoms with Gasteiger partial charge in [-0.05, 0) is 36.4 Å². The van der Waals surface area contributed by atoms with Gasteiger partial charge in [0.2, 0.25) is 0 Å². The lowest BCUT2D eigenvalue weighted by molar-refractivity contribution is -0.118. The van der Waals surface area contributed by atoms with Crippen molar-refractivity contribution >= 4 is 46.3 Å². The van der Waals surface area contributed by atoms with E-state index in [-0.39, 0.29) is 11.8 Å². The number of urea groups is 1. The van der Waals surface area contributed by atoms with Crippen molar-refractivity contribution < 1.29 is 9.59 Å². The van der Waals surface area contributed by atoms with Crippen LogP contribution in [0.15, 0.2) is 46.2 Å². The lowest BCUT2D eigenvalue weighted by Gasteiger charge is -2.32. The molecule has 1 heterocycles. The molecule has 0 aliphatic carbocycles. The van der Waals surface area contributed by atoms with Crippen LogP contribution in [0.2, 0.25) is 0 Å².